The monoisotopic (exact) mass is 349 g/mol. The number of anilines is 1. The van der Waals surface area contributed by atoms with Gasteiger partial charge < -0.3 is 14.7 Å². The van der Waals surface area contributed by atoms with Gasteiger partial charge in [-0.15, -0.1) is 11.3 Å². The van der Waals surface area contributed by atoms with Crippen LogP contribution in [-0.4, -0.2) is 63.6 Å². The highest BCUT2D eigenvalue weighted by Crippen LogP contribution is 2.25. The molecule has 1 N–H and O–H groups in total. The minimum atomic E-state index is -0.971. The van der Waals surface area contributed by atoms with E-state index in [4.69, 9.17) is 9.84 Å². The lowest BCUT2D eigenvalue weighted by molar-refractivity contribution is 0.0689. The normalized spacial score (nSPS) is 18.6. The van der Waals surface area contributed by atoms with Crippen LogP contribution < -0.4 is 4.90 Å². The molecule has 1 saturated heterocycles. The summed E-state index contributed by atoms with van der Waals surface area (Å²) < 4.78 is 7.18. The Hall–Kier alpha value is -1.97. The smallest absolute Gasteiger partial charge is 0.356 e. The molecule has 0 aliphatic carbocycles. The predicted octanol–water partition coefficient (Wildman–Crippen LogP) is 0.890. The molecule has 8 nitrogen and oxygen atoms in total. The standard InChI is InChI=1S/C15H19N5O3S/c21-14(22)13-7-11-9-18(1-2-20(11)17-13)10-12-8-16-15(24-12)19-3-5-23-6-4-19/h7-8H,1-6,9-10H2,(H,21,22). The molecule has 4 rings (SSSR count). The van der Waals surface area contributed by atoms with Crippen LogP contribution in [0.2, 0.25) is 0 Å². The van der Waals surface area contributed by atoms with E-state index in [1.165, 1.54) is 4.88 Å². The van der Waals surface area contributed by atoms with E-state index in [-0.39, 0.29) is 5.69 Å². The number of carboxylic acids is 1. The molecule has 0 atom stereocenters. The van der Waals surface area contributed by atoms with Gasteiger partial charge in [-0.3, -0.25) is 9.58 Å². The fourth-order valence-electron chi connectivity index (χ4n) is 3.05. The van der Waals surface area contributed by atoms with Crippen molar-refractivity contribution < 1.29 is 14.6 Å². The zero-order valence-corrected chi connectivity index (χ0v) is 14.0. The summed E-state index contributed by atoms with van der Waals surface area (Å²) in [6.07, 6.45) is 1.95. The van der Waals surface area contributed by atoms with Gasteiger partial charge in [0.05, 0.1) is 25.5 Å². The van der Waals surface area contributed by atoms with Crippen molar-refractivity contribution in [2.24, 2.45) is 0 Å². The van der Waals surface area contributed by atoms with Crippen LogP contribution in [0.4, 0.5) is 5.13 Å². The molecule has 0 spiro atoms. The maximum Gasteiger partial charge on any atom is 0.356 e. The Morgan fingerprint density at radius 3 is 2.92 bits per heavy atom. The Bertz CT molecular complexity index is 737. The van der Waals surface area contributed by atoms with Crippen LogP contribution in [0.1, 0.15) is 21.1 Å². The summed E-state index contributed by atoms with van der Waals surface area (Å²) in [5, 5.41) is 14.2. The molecule has 2 aromatic heterocycles. The van der Waals surface area contributed by atoms with E-state index in [1.807, 2.05) is 6.20 Å². The van der Waals surface area contributed by atoms with Crippen LogP contribution >= 0.6 is 11.3 Å². The van der Waals surface area contributed by atoms with E-state index in [0.717, 1.165) is 56.8 Å². The molecule has 0 amide bonds. The van der Waals surface area contributed by atoms with Crippen LogP contribution in [0.3, 0.4) is 0 Å². The lowest BCUT2D eigenvalue weighted by atomic mass is 10.2. The van der Waals surface area contributed by atoms with Gasteiger partial charge in [-0.1, -0.05) is 0 Å². The second-order valence-corrected chi connectivity index (χ2v) is 7.06. The number of fused-ring (bicyclic) bond motifs is 1. The quantitative estimate of drug-likeness (QED) is 0.877. The zero-order chi connectivity index (χ0) is 16.5. The van der Waals surface area contributed by atoms with E-state index in [9.17, 15) is 4.79 Å². The molecule has 2 aromatic rings. The van der Waals surface area contributed by atoms with Crippen molar-refractivity contribution >= 4 is 22.4 Å². The molecule has 0 aromatic carbocycles. The molecule has 0 saturated carbocycles. The first-order valence-electron chi connectivity index (χ1n) is 7.99. The highest BCUT2D eigenvalue weighted by molar-refractivity contribution is 7.15. The Labute approximate surface area is 143 Å². The lowest BCUT2D eigenvalue weighted by Gasteiger charge is -2.27. The maximum atomic E-state index is 11.0. The van der Waals surface area contributed by atoms with E-state index in [0.29, 0.717) is 6.54 Å². The first-order valence-corrected chi connectivity index (χ1v) is 8.80. The predicted molar refractivity (Wildman–Crippen MR) is 88.4 cm³/mol. The van der Waals surface area contributed by atoms with Crippen molar-refractivity contribution in [2.75, 3.05) is 37.7 Å². The van der Waals surface area contributed by atoms with Gasteiger partial charge in [0.25, 0.3) is 0 Å². The van der Waals surface area contributed by atoms with Gasteiger partial charge in [0.15, 0.2) is 10.8 Å². The van der Waals surface area contributed by atoms with Gasteiger partial charge in [-0.25, -0.2) is 9.78 Å². The number of rotatable bonds is 4. The largest absolute Gasteiger partial charge is 0.476 e. The zero-order valence-electron chi connectivity index (χ0n) is 13.2. The minimum Gasteiger partial charge on any atom is -0.476 e. The average molecular weight is 349 g/mol. The molecule has 24 heavy (non-hydrogen) atoms. The number of carbonyl (C=O) groups is 1. The molecule has 2 aliphatic heterocycles. The van der Waals surface area contributed by atoms with Gasteiger partial charge >= 0.3 is 5.97 Å². The second kappa shape index (κ2) is 6.50. The van der Waals surface area contributed by atoms with Crippen molar-refractivity contribution in [3.8, 4) is 0 Å². The summed E-state index contributed by atoms with van der Waals surface area (Å²) in [6.45, 7) is 6.44. The van der Waals surface area contributed by atoms with E-state index in [1.54, 1.807) is 22.1 Å². The molecular formula is C15H19N5O3S. The number of hydrogen-bond acceptors (Lipinski definition) is 7. The summed E-state index contributed by atoms with van der Waals surface area (Å²) in [6, 6.07) is 1.67. The Morgan fingerprint density at radius 1 is 1.29 bits per heavy atom. The average Bonchev–Trinajstić information content (AvgIpc) is 3.22. The Balaban J connectivity index is 1.41. The number of morpholine rings is 1. The second-order valence-electron chi connectivity index (χ2n) is 5.97. The fourth-order valence-corrected chi connectivity index (χ4v) is 4.06. The van der Waals surface area contributed by atoms with Gasteiger partial charge in [0.2, 0.25) is 0 Å². The third-order valence-electron chi connectivity index (χ3n) is 4.30. The minimum absolute atomic E-state index is 0.124. The van der Waals surface area contributed by atoms with Crippen molar-refractivity contribution in [1.29, 1.82) is 0 Å². The number of aromatic carboxylic acids is 1. The van der Waals surface area contributed by atoms with Crippen molar-refractivity contribution in [3.05, 3.63) is 28.5 Å². The fraction of sp³-hybridized carbons (Fsp3) is 0.533. The van der Waals surface area contributed by atoms with Crippen LogP contribution in [0.25, 0.3) is 0 Å². The van der Waals surface area contributed by atoms with Crippen LogP contribution in [-0.2, 0) is 24.4 Å². The first kappa shape index (κ1) is 15.6. The summed E-state index contributed by atoms with van der Waals surface area (Å²) >= 11 is 1.73. The molecule has 9 heteroatoms. The summed E-state index contributed by atoms with van der Waals surface area (Å²) in [7, 11) is 0. The third-order valence-corrected chi connectivity index (χ3v) is 5.34. The maximum absolute atomic E-state index is 11.0. The van der Waals surface area contributed by atoms with E-state index in [2.05, 4.69) is 19.9 Å². The summed E-state index contributed by atoms with van der Waals surface area (Å²) in [5.41, 5.74) is 1.08. The topological polar surface area (TPSA) is 83.7 Å². The van der Waals surface area contributed by atoms with Crippen molar-refractivity contribution in [2.45, 2.75) is 19.6 Å². The number of nitrogens with zero attached hydrogens (tertiary/aromatic N) is 5. The first-order chi connectivity index (χ1) is 11.7. The molecule has 2 aliphatic rings. The highest BCUT2D eigenvalue weighted by Gasteiger charge is 2.22. The molecule has 0 radical (unpaired) electrons. The highest BCUT2D eigenvalue weighted by atomic mass is 32.1. The van der Waals surface area contributed by atoms with Gasteiger partial charge in [0, 0.05) is 43.8 Å². The number of aromatic nitrogens is 3. The number of carboxylic acid groups (broad SMARTS) is 1. The molecule has 4 heterocycles. The Kier molecular flexibility index (Phi) is 4.21. The summed E-state index contributed by atoms with van der Waals surface area (Å²) in [5.74, 6) is -0.971. The lowest BCUT2D eigenvalue weighted by Crippen LogP contribution is -2.36. The van der Waals surface area contributed by atoms with Gasteiger partial charge in [-0.2, -0.15) is 5.10 Å². The van der Waals surface area contributed by atoms with Crippen LogP contribution in [0.15, 0.2) is 12.3 Å². The molecule has 0 bridgehead atoms. The van der Waals surface area contributed by atoms with Gasteiger partial charge in [-0.05, 0) is 6.07 Å². The summed E-state index contributed by atoms with van der Waals surface area (Å²) in [4.78, 5) is 21.4. The van der Waals surface area contributed by atoms with E-state index < -0.39 is 5.97 Å². The SMILES string of the molecule is O=C(O)c1cc2n(n1)CCN(Cc1cnc(N3CCOCC3)s1)C2. The third kappa shape index (κ3) is 3.14. The molecule has 1 fully saturated rings. The molecule has 0 unspecified atom stereocenters. The van der Waals surface area contributed by atoms with Crippen LogP contribution in [0.5, 0.6) is 0 Å². The number of hydrogen-bond donors (Lipinski definition) is 1. The van der Waals surface area contributed by atoms with E-state index >= 15 is 0 Å². The molecule has 128 valence electrons. The Morgan fingerprint density at radius 2 is 2.12 bits per heavy atom. The molecular weight excluding hydrogens is 330 g/mol. The van der Waals surface area contributed by atoms with Gasteiger partial charge in [0.1, 0.15) is 0 Å². The van der Waals surface area contributed by atoms with Crippen LogP contribution in [0, 0.1) is 0 Å². The number of thiazole rings is 1. The van der Waals surface area contributed by atoms with Crippen molar-refractivity contribution in [3.63, 3.8) is 0 Å². The number of ether oxygens (including phenoxy) is 1. The van der Waals surface area contributed by atoms with Crippen molar-refractivity contribution in [1.82, 2.24) is 19.7 Å².